The van der Waals surface area contributed by atoms with E-state index in [9.17, 15) is 19.5 Å². The second-order valence-corrected chi connectivity index (χ2v) is 16.4. The molecule has 300 valence electrons. The molecule has 1 heterocycles. The Kier molecular flexibility index (Phi) is 19.9. The number of hydrogen-bond acceptors (Lipinski definition) is 8. The number of carbonyl (C=O) groups excluding carboxylic acids is 3. The Morgan fingerprint density at radius 1 is 0.885 bits per heavy atom. The van der Waals surface area contributed by atoms with Crippen molar-refractivity contribution < 1.29 is 54.9 Å². The number of benzene rings is 1. The molecule has 1 fully saturated rings. The summed E-state index contributed by atoms with van der Waals surface area (Å²) in [5, 5.41) is 11.4. The van der Waals surface area contributed by atoms with Crippen LogP contribution >= 0.6 is 0 Å². The van der Waals surface area contributed by atoms with Crippen LogP contribution in [0, 0.1) is 38.5 Å². The summed E-state index contributed by atoms with van der Waals surface area (Å²) in [5.41, 5.74) is 15.3. The van der Waals surface area contributed by atoms with E-state index in [2.05, 4.69) is 40.1 Å². The van der Waals surface area contributed by atoms with Crippen LogP contribution in [0.2, 0.25) is 0 Å². The Labute approximate surface area is 328 Å². The van der Waals surface area contributed by atoms with Crippen LogP contribution < -0.4 is 14.6 Å². The Bertz CT molecular complexity index is 1310. The van der Waals surface area contributed by atoms with Crippen molar-refractivity contribution in [2.24, 2.45) is 17.8 Å². The van der Waals surface area contributed by atoms with Gasteiger partial charge in [0.25, 0.3) is 0 Å². The summed E-state index contributed by atoms with van der Waals surface area (Å²) in [5.74, 6) is 0.704. The summed E-state index contributed by atoms with van der Waals surface area (Å²) in [6.45, 7) is 15.8. The molecular formula is C41H66N3O7Pt-3. The van der Waals surface area contributed by atoms with Crippen LogP contribution in [-0.4, -0.2) is 60.1 Å². The number of nitrogens with one attached hydrogen (secondary N) is 1. The molecule has 1 aliphatic heterocycles. The average molecular weight is 908 g/mol. The van der Waals surface area contributed by atoms with Gasteiger partial charge in [0.15, 0.2) is 0 Å². The smallest absolute Gasteiger partial charge is 0.325 e. The van der Waals surface area contributed by atoms with E-state index in [0.29, 0.717) is 24.5 Å². The number of hydrogen-bond donors (Lipinski definition) is 0. The number of aliphatic carboxylic acids is 1. The number of hydroxylamine groups is 1. The minimum absolute atomic E-state index is 0. The molecule has 0 unspecified atom stereocenters. The molecule has 52 heavy (non-hydrogen) atoms. The summed E-state index contributed by atoms with van der Waals surface area (Å²) >= 11 is 0. The number of ether oxygens (including phenoxy) is 2. The fourth-order valence-corrected chi connectivity index (χ4v) is 7.67. The van der Waals surface area contributed by atoms with Gasteiger partial charge in [0, 0.05) is 33.2 Å². The van der Waals surface area contributed by atoms with E-state index in [1.807, 2.05) is 20.8 Å². The maximum Gasteiger partial charge on any atom is 0.325 e. The third kappa shape index (κ3) is 15.0. The number of fused-ring (bicyclic) bond motifs is 1. The second-order valence-electron chi connectivity index (χ2n) is 16.4. The summed E-state index contributed by atoms with van der Waals surface area (Å²) < 4.78 is 12.6. The number of carboxylic acid groups (broad SMARTS) is 1. The fraction of sp³-hybridized carbons (Fsp3) is 0.780. The Balaban J connectivity index is 0.00000936. The third-order valence-electron chi connectivity index (χ3n) is 11.1. The largest absolute Gasteiger partial charge is 0.676 e. The van der Waals surface area contributed by atoms with Gasteiger partial charge in [-0.15, -0.1) is 6.04 Å². The first-order valence-corrected chi connectivity index (χ1v) is 19.6. The van der Waals surface area contributed by atoms with Crippen LogP contribution in [0.15, 0.2) is 0 Å². The van der Waals surface area contributed by atoms with E-state index in [1.54, 1.807) is 0 Å². The number of rotatable bonds is 21. The van der Waals surface area contributed by atoms with Crippen molar-refractivity contribution in [1.29, 1.82) is 0 Å². The molecule has 5 atom stereocenters. The maximum absolute atomic E-state index is 13.1. The van der Waals surface area contributed by atoms with Crippen molar-refractivity contribution in [3.05, 3.63) is 33.5 Å². The molecule has 0 radical (unpaired) electrons. The van der Waals surface area contributed by atoms with Gasteiger partial charge < -0.3 is 35.4 Å². The second kappa shape index (κ2) is 22.4. The van der Waals surface area contributed by atoms with Crippen molar-refractivity contribution in [2.45, 2.75) is 169 Å². The molecule has 1 aromatic rings. The van der Waals surface area contributed by atoms with Crippen LogP contribution in [0.1, 0.15) is 147 Å². The molecule has 0 saturated heterocycles. The van der Waals surface area contributed by atoms with Crippen LogP contribution in [0.3, 0.4) is 0 Å². The topological polar surface area (TPSA) is 143 Å². The standard InChI is InChI=1S/C41H67N3O7.Pt/c1-27(2)14-11-15-28(3)16-12-17-29(4)18-13-22-41(8)23-21-33-32(7)39(30(5)31(6)40(33)50-41)49-37(47)25-44(24-36(45)46)26-38(48)51-43-35-20-10-9-19-34(35)42;/h27-29,34-35,42H,9-26H2,1-8H3,(H,45,46);/q-2;/p-1/t28-,29-,34-,35-,41-;/m1./s1. The SMILES string of the molecule is Cc1c(C)c2c(c(C)c1OC(=O)CN(CC(=O)[O-])CC(=O)O[N-][C@@H]1CCCC[C@H]1[NH-])CC[C@@](C)(CCC[C@H](C)CCC[C@H](C)CCCC(C)C)O2.[Pt]. The summed E-state index contributed by atoms with van der Waals surface area (Å²) in [6.07, 6.45) is 16.2. The Hall–Kier alpha value is -2.00. The van der Waals surface area contributed by atoms with E-state index < -0.39 is 49.6 Å². The van der Waals surface area contributed by atoms with Gasteiger partial charge in [-0.2, -0.15) is 6.04 Å². The predicted octanol–water partition coefficient (Wildman–Crippen LogP) is 8.28. The van der Waals surface area contributed by atoms with Gasteiger partial charge in [-0.25, -0.2) is 0 Å². The first-order valence-electron chi connectivity index (χ1n) is 19.6. The molecule has 2 aliphatic rings. The van der Waals surface area contributed by atoms with Crippen LogP contribution in [0.25, 0.3) is 11.2 Å². The van der Waals surface area contributed by atoms with Gasteiger partial charge in [0.05, 0.1) is 19.1 Å². The molecule has 10 nitrogen and oxygen atoms in total. The molecular weight excluding hydrogens is 842 g/mol. The molecule has 11 heteroatoms. The summed E-state index contributed by atoms with van der Waals surface area (Å²) in [4.78, 5) is 43.2. The van der Waals surface area contributed by atoms with Gasteiger partial charge in [-0.05, 0) is 87.8 Å². The number of esters is 1. The number of carbonyl (C=O) groups is 3. The zero-order chi connectivity index (χ0) is 37.7. The average Bonchev–Trinajstić information content (AvgIpc) is 3.04. The first kappa shape index (κ1) is 46.2. The van der Waals surface area contributed by atoms with Crippen molar-refractivity contribution in [3.8, 4) is 11.5 Å². The molecule has 1 saturated carbocycles. The molecule has 0 spiro atoms. The number of nitrogens with zero attached hydrogens (tertiary/aromatic N) is 2. The van der Waals surface area contributed by atoms with Crippen LogP contribution in [0.4, 0.5) is 0 Å². The van der Waals surface area contributed by atoms with Crippen LogP contribution in [-0.2, 0) is 46.7 Å². The molecule has 1 aromatic carbocycles. The van der Waals surface area contributed by atoms with Gasteiger partial charge in [-0.1, -0.05) is 98.3 Å². The molecule has 1 N–H and O–H groups in total. The molecule has 1 aliphatic carbocycles. The maximum atomic E-state index is 13.1. The Morgan fingerprint density at radius 2 is 1.48 bits per heavy atom. The molecule has 0 bridgehead atoms. The third-order valence-corrected chi connectivity index (χ3v) is 11.1. The van der Waals surface area contributed by atoms with E-state index in [-0.39, 0.29) is 26.7 Å². The summed E-state index contributed by atoms with van der Waals surface area (Å²) in [7, 11) is 0. The van der Waals surface area contributed by atoms with Gasteiger partial charge >= 0.3 is 11.9 Å². The van der Waals surface area contributed by atoms with E-state index in [0.717, 1.165) is 83.3 Å². The molecule has 0 aromatic heterocycles. The summed E-state index contributed by atoms with van der Waals surface area (Å²) in [6, 6.07) is -0.831. The molecule has 3 rings (SSSR count). The van der Waals surface area contributed by atoms with E-state index in [1.165, 1.54) is 44.9 Å². The minimum Gasteiger partial charge on any atom is -0.676 e. The predicted molar refractivity (Wildman–Crippen MR) is 200 cm³/mol. The fourth-order valence-electron chi connectivity index (χ4n) is 7.67. The van der Waals surface area contributed by atoms with Gasteiger partial charge in [0.1, 0.15) is 17.1 Å². The van der Waals surface area contributed by atoms with Crippen molar-refractivity contribution in [3.63, 3.8) is 0 Å². The van der Waals surface area contributed by atoms with Crippen LogP contribution in [0.5, 0.6) is 11.5 Å². The zero-order valence-corrected chi connectivity index (χ0v) is 35.5. The van der Waals surface area contributed by atoms with E-state index >= 15 is 0 Å². The van der Waals surface area contributed by atoms with Crippen molar-refractivity contribution >= 4 is 17.9 Å². The Morgan fingerprint density at radius 3 is 2.10 bits per heavy atom. The van der Waals surface area contributed by atoms with Crippen molar-refractivity contribution in [1.82, 2.24) is 4.90 Å². The van der Waals surface area contributed by atoms with Crippen molar-refractivity contribution in [2.75, 3.05) is 19.6 Å². The zero-order valence-electron chi connectivity index (χ0n) is 33.2. The normalized spacial score (nSPS) is 21.1. The first-order chi connectivity index (χ1) is 24.1. The number of carboxylic acids is 1. The minimum atomic E-state index is -1.43. The quantitative estimate of drug-likeness (QED) is 0.0682. The monoisotopic (exact) mass is 907 g/mol. The van der Waals surface area contributed by atoms with E-state index in [4.69, 9.17) is 20.0 Å². The van der Waals surface area contributed by atoms with Gasteiger partial charge in [-0.3, -0.25) is 14.5 Å². The van der Waals surface area contributed by atoms with Gasteiger partial charge in [0.2, 0.25) is 0 Å². The molecule has 0 amide bonds.